The van der Waals surface area contributed by atoms with Crippen LogP contribution in [0.15, 0.2) is 12.1 Å². The molecular weight excluding hydrogens is 264 g/mol. The average Bonchev–Trinajstić information content (AvgIpc) is 2.50. The number of carbonyl (C=O) groups is 2. The van der Waals surface area contributed by atoms with Crippen LogP contribution in [0, 0.1) is 0 Å². The number of hydrogen-bond acceptors (Lipinski definition) is 2. The van der Waals surface area contributed by atoms with Crippen LogP contribution in [0.2, 0.25) is 0 Å². The number of carbonyl (C=O) groups excluding carboxylic acids is 2. The van der Waals surface area contributed by atoms with Crippen molar-refractivity contribution in [1.29, 1.82) is 0 Å². The summed E-state index contributed by atoms with van der Waals surface area (Å²) in [6.45, 7) is 4.89. The monoisotopic (exact) mass is 286 g/mol. The molecule has 1 unspecified atom stereocenters. The van der Waals surface area contributed by atoms with Crippen LogP contribution in [0.4, 0.5) is 5.69 Å². The Morgan fingerprint density at radius 2 is 2.00 bits per heavy atom. The minimum absolute atomic E-state index is 0.00239. The number of hydrogen-bond donors (Lipinski definition) is 1. The Hall–Kier alpha value is -1.84. The second kappa shape index (κ2) is 5.51. The van der Waals surface area contributed by atoms with Crippen molar-refractivity contribution < 1.29 is 9.59 Å². The lowest BCUT2D eigenvalue weighted by atomic mass is 9.89. The number of nitrogens with zero attached hydrogens (tertiary/aromatic N) is 1. The van der Waals surface area contributed by atoms with Crippen LogP contribution in [0.1, 0.15) is 54.6 Å². The lowest BCUT2D eigenvalue weighted by Crippen LogP contribution is -2.39. The van der Waals surface area contributed by atoms with E-state index in [1.165, 1.54) is 0 Å². The normalized spacial score (nSPS) is 18.2. The van der Waals surface area contributed by atoms with Gasteiger partial charge in [-0.25, -0.2) is 0 Å². The molecule has 0 aromatic heterocycles. The summed E-state index contributed by atoms with van der Waals surface area (Å²) in [4.78, 5) is 26.3. The Balaban J connectivity index is 1.96. The van der Waals surface area contributed by atoms with E-state index in [0.29, 0.717) is 6.42 Å². The molecule has 2 heterocycles. The van der Waals surface area contributed by atoms with Crippen molar-refractivity contribution in [3.8, 4) is 0 Å². The predicted octanol–water partition coefficient (Wildman–Crippen LogP) is 2.44. The van der Waals surface area contributed by atoms with Crippen molar-refractivity contribution >= 4 is 17.5 Å². The van der Waals surface area contributed by atoms with Crippen LogP contribution in [0.3, 0.4) is 0 Å². The van der Waals surface area contributed by atoms with Gasteiger partial charge in [0.15, 0.2) is 0 Å². The summed E-state index contributed by atoms with van der Waals surface area (Å²) in [7, 11) is 0. The third-order valence-electron chi connectivity index (χ3n) is 4.53. The van der Waals surface area contributed by atoms with Crippen LogP contribution < -0.4 is 10.2 Å². The van der Waals surface area contributed by atoms with E-state index in [-0.39, 0.29) is 17.9 Å². The lowest BCUT2D eigenvalue weighted by Gasteiger charge is -2.35. The first-order chi connectivity index (χ1) is 10.1. The Kier molecular flexibility index (Phi) is 3.70. The van der Waals surface area contributed by atoms with E-state index < -0.39 is 0 Å². The van der Waals surface area contributed by atoms with E-state index in [4.69, 9.17) is 0 Å². The zero-order chi connectivity index (χ0) is 15.0. The highest BCUT2D eigenvalue weighted by Crippen LogP contribution is 2.36. The Morgan fingerprint density at radius 3 is 2.71 bits per heavy atom. The van der Waals surface area contributed by atoms with Crippen LogP contribution in [-0.2, 0) is 17.6 Å². The third-order valence-corrected chi connectivity index (χ3v) is 4.53. The molecule has 1 aromatic carbocycles. The maximum atomic E-state index is 12.3. The second-order valence-electron chi connectivity index (χ2n) is 6.07. The van der Waals surface area contributed by atoms with Crippen LogP contribution >= 0.6 is 0 Å². The molecule has 0 bridgehead atoms. The number of rotatable bonds is 3. The summed E-state index contributed by atoms with van der Waals surface area (Å²) in [6, 6.07) is 4.13. The molecule has 0 saturated heterocycles. The van der Waals surface area contributed by atoms with Gasteiger partial charge in [-0.1, -0.05) is 6.92 Å². The quantitative estimate of drug-likeness (QED) is 0.928. The summed E-state index contributed by atoms with van der Waals surface area (Å²) in [5.41, 5.74) is 4.13. The topological polar surface area (TPSA) is 49.4 Å². The minimum Gasteiger partial charge on any atom is -0.350 e. The minimum atomic E-state index is -0.00239. The van der Waals surface area contributed by atoms with E-state index in [9.17, 15) is 9.59 Å². The van der Waals surface area contributed by atoms with Crippen molar-refractivity contribution in [2.24, 2.45) is 0 Å². The van der Waals surface area contributed by atoms with Crippen molar-refractivity contribution in [3.63, 3.8) is 0 Å². The van der Waals surface area contributed by atoms with E-state index in [0.717, 1.165) is 54.6 Å². The maximum Gasteiger partial charge on any atom is 0.251 e. The Morgan fingerprint density at radius 1 is 1.29 bits per heavy atom. The van der Waals surface area contributed by atoms with Gasteiger partial charge in [-0.15, -0.1) is 0 Å². The fourth-order valence-corrected chi connectivity index (χ4v) is 3.19. The van der Waals surface area contributed by atoms with Crippen molar-refractivity contribution in [2.45, 2.75) is 52.0 Å². The lowest BCUT2D eigenvalue weighted by molar-refractivity contribution is -0.119. The summed E-state index contributed by atoms with van der Waals surface area (Å²) in [6.07, 6.45) is 4.17. The van der Waals surface area contributed by atoms with E-state index >= 15 is 0 Å². The standard InChI is InChI=1S/C17H22N2O2/c1-3-11(2)18-17(21)14-9-12-5-4-8-19-15(20)7-6-13(10-14)16(12)19/h9-11H,3-8H2,1-2H3,(H,18,21). The van der Waals surface area contributed by atoms with Crippen molar-refractivity contribution in [1.82, 2.24) is 5.32 Å². The first-order valence-corrected chi connectivity index (χ1v) is 7.87. The molecule has 2 aliphatic rings. The molecule has 1 aromatic rings. The number of benzene rings is 1. The van der Waals surface area contributed by atoms with Gasteiger partial charge in [-0.05, 0) is 55.9 Å². The molecule has 2 aliphatic heterocycles. The smallest absolute Gasteiger partial charge is 0.251 e. The molecule has 0 fully saturated rings. The molecule has 1 N–H and O–H groups in total. The highest BCUT2D eigenvalue weighted by atomic mass is 16.2. The zero-order valence-electron chi connectivity index (χ0n) is 12.7. The molecule has 0 aliphatic carbocycles. The molecule has 2 amide bonds. The van der Waals surface area contributed by atoms with Crippen LogP contribution in [0.5, 0.6) is 0 Å². The van der Waals surface area contributed by atoms with Crippen LogP contribution in [-0.4, -0.2) is 24.4 Å². The number of amides is 2. The summed E-state index contributed by atoms with van der Waals surface area (Å²) in [5, 5.41) is 3.02. The van der Waals surface area contributed by atoms with Gasteiger partial charge in [0.1, 0.15) is 0 Å². The van der Waals surface area contributed by atoms with E-state index in [1.807, 2.05) is 24.0 Å². The van der Waals surface area contributed by atoms with Gasteiger partial charge in [0.2, 0.25) is 5.91 Å². The van der Waals surface area contributed by atoms with Gasteiger partial charge in [0.05, 0.1) is 5.69 Å². The summed E-state index contributed by atoms with van der Waals surface area (Å²) < 4.78 is 0. The molecule has 3 rings (SSSR count). The van der Waals surface area contributed by atoms with E-state index in [2.05, 4.69) is 12.2 Å². The fourth-order valence-electron chi connectivity index (χ4n) is 3.19. The molecule has 1 atom stereocenters. The molecule has 112 valence electrons. The highest BCUT2D eigenvalue weighted by Gasteiger charge is 2.30. The molecular formula is C17H22N2O2. The van der Waals surface area contributed by atoms with Crippen molar-refractivity contribution in [2.75, 3.05) is 11.4 Å². The highest BCUT2D eigenvalue weighted by molar-refractivity contribution is 6.00. The van der Waals surface area contributed by atoms with Crippen LogP contribution in [0.25, 0.3) is 0 Å². The second-order valence-corrected chi connectivity index (χ2v) is 6.07. The SMILES string of the molecule is CCC(C)NC(=O)c1cc2c3c(c1)CCC(=O)N3CCC2. The van der Waals surface area contributed by atoms with Gasteiger partial charge in [-0.3, -0.25) is 9.59 Å². The summed E-state index contributed by atoms with van der Waals surface area (Å²) in [5.74, 6) is 0.220. The molecule has 0 saturated carbocycles. The molecule has 4 heteroatoms. The molecule has 0 spiro atoms. The Labute approximate surface area is 125 Å². The fraction of sp³-hybridized carbons (Fsp3) is 0.529. The number of nitrogens with one attached hydrogen (secondary N) is 1. The zero-order valence-corrected chi connectivity index (χ0v) is 12.7. The van der Waals surface area contributed by atoms with Gasteiger partial charge < -0.3 is 10.2 Å². The van der Waals surface area contributed by atoms with Gasteiger partial charge in [-0.2, -0.15) is 0 Å². The number of anilines is 1. The van der Waals surface area contributed by atoms with Gasteiger partial charge >= 0.3 is 0 Å². The largest absolute Gasteiger partial charge is 0.350 e. The average molecular weight is 286 g/mol. The molecule has 4 nitrogen and oxygen atoms in total. The summed E-state index contributed by atoms with van der Waals surface area (Å²) >= 11 is 0. The van der Waals surface area contributed by atoms with Gasteiger partial charge in [0.25, 0.3) is 5.91 Å². The first kappa shape index (κ1) is 14.1. The maximum absolute atomic E-state index is 12.3. The third kappa shape index (κ3) is 2.55. The predicted molar refractivity (Wildman–Crippen MR) is 82.7 cm³/mol. The van der Waals surface area contributed by atoms with Crippen molar-refractivity contribution in [3.05, 3.63) is 28.8 Å². The first-order valence-electron chi connectivity index (χ1n) is 7.87. The Bertz CT molecular complexity index is 577. The van der Waals surface area contributed by atoms with E-state index in [1.54, 1.807) is 0 Å². The molecule has 0 radical (unpaired) electrons. The van der Waals surface area contributed by atoms with Gasteiger partial charge in [0, 0.05) is 24.6 Å². The number of aryl methyl sites for hydroxylation is 2. The molecule has 21 heavy (non-hydrogen) atoms.